The highest BCUT2D eigenvalue weighted by atomic mass is 35.5. The second-order valence-corrected chi connectivity index (χ2v) is 8.84. The van der Waals surface area contributed by atoms with Crippen LogP contribution in [0.3, 0.4) is 0 Å². The van der Waals surface area contributed by atoms with Gasteiger partial charge in [0, 0.05) is 18.4 Å². The number of fused-ring (bicyclic) bond motifs is 3. The number of amides is 2. The number of carbonyl (C=O) groups is 3. The topological polar surface area (TPSA) is 105 Å². The maximum absolute atomic E-state index is 12.5. The molecule has 1 atom stereocenters. The van der Waals surface area contributed by atoms with Gasteiger partial charge in [0.2, 0.25) is 5.91 Å². The number of halogens is 1. The monoisotopic (exact) mass is 492 g/mol. The first-order valence-electron chi connectivity index (χ1n) is 11.3. The molecule has 3 aromatic rings. The minimum atomic E-state index is -1.11. The molecule has 2 amide bonds. The predicted molar refractivity (Wildman–Crippen MR) is 134 cm³/mol. The van der Waals surface area contributed by atoms with Gasteiger partial charge in [-0.2, -0.15) is 0 Å². The molecule has 0 radical (unpaired) electrons. The number of ether oxygens (including phenoxy) is 1. The summed E-state index contributed by atoms with van der Waals surface area (Å²) in [7, 11) is 0. The van der Waals surface area contributed by atoms with Crippen molar-refractivity contribution in [2.75, 3.05) is 18.5 Å². The predicted octanol–water partition coefficient (Wildman–Crippen LogP) is 5.54. The lowest BCUT2D eigenvalue weighted by Gasteiger charge is -2.16. The van der Waals surface area contributed by atoms with E-state index in [4.69, 9.17) is 21.4 Å². The second kappa shape index (κ2) is 10.6. The van der Waals surface area contributed by atoms with Crippen molar-refractivity contribution in [3.05, 3.63) is 88.4 Å². The molecule has 0 fully saturated rings. The fourth-order valence-corrected chi connectivity index (χ4v) is 4.35. The van der Waals surface area contributed by atoms with Crippen LogP contribution in [0.1, 0.15) is 40.7 Å². The zero-order valence-electron chi connectivity index (χ0n) is 19.1. The van der Waals surface area contributed by atoms with Crippen molar-refractivity contribution in [3.8, 4) is 11.1 Å². The van der Waals surface area contributed by atoms with Crippen LogP contribution in [0.4, 0.5) is 10.5 Å². The summed E-state index contributed by atoms with van der Waals surface area (Å²) in [6, 6.07) is 20.3. The van der Waals surface area contributed by atoms with E-state index in [1.165, 1.54) is 18.2 Å². The van der Waals surface area contributed by atoms with Crippen LogP contribution in [-0.2, 0) is 9.53 Å². The molecule has 0 saturated carbocycles. The summed E-state index contributed by atoms with van der Waals surface area (Å²) in [6.07, 6.45) is -0.177. The van der Waals surface area contributed by atoms with Crippen LogP contribution in [0.15, 0.2) is 66.7 Å². The van der Waals surface area contributed by atoms with Crippen molar-refractivity contribution in [2.45, 2.75) is 19.3 Å². The van der Waals surface area contributed by atoms with Crippen LogP contribution in [0.2, 0.25) is 5.02 Å². The maximum atomic E-state index is 12.5. The highest BCUT2D eigenvalue weighted by Gasteiger charge is 2.29. The molecule has 0 bridgehead atoms. The molecular weight excluding hydrogens is 468 g/mol. The first-order chi connectivity index (χ1) is 16.8. The third-order valence-electron chi connectivity index (χ3n) is 6.11. The summed E-state index contributed by atoms with van der Waals surface area (Å²) in [5, 5.41) is 14.7. The minimum absolute atomic E-state index is 0.0225. The van der Waals surface area contributed by atoms with Crippen molar-refractivity contribution in [3.63, 3.8) is 0 Å². The minimum Gasteiger partial charge on any atom is -0.478 e. The summed E-state index contributed by atoms with van der Waals surface area (Å²) in [5.41, 5.74) is 4.84. The van der Waals surface area contributed by atoms with Gasteiger partial charge >= 0.3 is 12.1 Å². The highest BCUT2D eigenvalue weighted by Crippen LogP contribution is 2.44. The average molecular weight is 493 g/mol. The molecule has 8 heteroatoms. The van der Waals surface area contributed by atoms with Crippen LogP contribution in [-0.4, -0.2) is 36.2 Å². The largest absolute Gasteiger partial charge is 0.478 e. The molecule has 0 aromatic heterocycles. The molecule has 0 aliphatic heterocycles. The molecule has 3 N–H and O–H groups in total. The van der Waals surface area contributed by atoms with Gasteiger partial charge in [0.25, 0.3) is 0 Å². The fourth-order valence-electron chi connectivity index (χ4n) is 4.18. The number of carboxylic acids is 1. The Balaban J connectivity index is 1.26. The average Bonchev–Trinajstić information content (AvgIpc) is 3.17. The third kappa shape index (κ3) is 5.46. The van der Waals surface area contributed by atoms with E-state index in [2.05, 4.69) is 34.9 Å². The van der Waals surface area contributed by atoms with E-state index < -0.39 is 18.0 Å². The summed E-state index contributed by atoms with van der Waals surface area (Å²) < 4.78 is 5.51. The molecule has 3 aromatic carbocycles. The number of benzene rings is 3. The van der Waals surface area contributed by atoms with Crippen molar-refractivity contribution in [1.29, 1.82) is 0 Å². The molecule has 1 unspecified atom stereocenters. The van der Waals surface area contributed by atoms with Crippen molar-refractivity contribution >= 4 is 35.3 Å². The lowest BCUT2D eigenvalue weighted by atomic mass is 9.98. The first-order valence-corrected chi connectivity index (χ1v) is 11.7. The Hall–Kier alpha value is -3.84. The van der Waals surface area contributed by atoms with Gasteiger partial charge in [-0.05, 0) is 46.9 Å². The van der Waals surface area contributed by atoms with Gasteiger partial charge in [0.05, 0.1) is 16.3 Å². The zero-order valence-corrected chi connectivity index (χ0v) is 19.8. The lowest BCUT2D eigenvalue weighted by molar-refractivity contribution is -0.119. The molecule has 180 valence electrons. The quantitative estimate of drug-likeness (QED) is 0.383. The standard InChI is InChI=1S/C27H25ClN2O5/c1-16(25(31)30-24-14-17(26(32)33)10-11-23(24)28)12-13-29-27(34)35-15-22-20-8-4-2-6-18(20)19-7-3-5-9-21(19)22/h2-11,14,16,22H,12-13,15H2,1H3,(H,29,34)(H,30,31)(H,32,33). The van der Waals surface area contributed by atoms with E-state index in [-0.39, 0.29) is 41.3 Å². The van der Waals surface area contributed by atoms with Gasteiger partial charge in [0.1, 0.15) is 6.61 Å². The number of rotatable bonds is 8. The number of hydrogen-bond acceptors (Lipinski definition) is 4. The Morgan fingerprint density at radius 2 is 1.63 bits per heavy atom. The van der Waals surface area contributed by atoms with Gasteiger partial charge in [-0.1, -0.05) is 67.1 Å². The SMILES string of the molecule is CC(CCNC(=O)OCC1c2ccccc2-c2ccccc21)C(=O)Nc1cc(C(=O)O)ccc1Cl. The summed E-state index contributed by atoms with van der Waals surface area (Å²) in [4.78, 5) is 35.9. The van der Waals surface area contributed by atoms with Gasteiger partial charge < -0.3 is 20.5 Å². The number of aromatic carboxylic acids is 1. The van der Waals surface area contributed by atoms with Crippen molar-refractivity contribution in [2.24, 2.45) is 5.92 Å². The molecule has 1 aliphatic carbocycles. The molecule has 35 heavy (non-hydrogen) atoms. The van der Waals surface area contributed by atoms with Crippen LogP contribution >= 0.6 is 11.6 Å². The lowest BCUT2D eigenvalue weighted by Crippen LogP contribution is -2.30. The number of carboxylic acid groups (broad SMARTS) is 1. The maximum Gasteiger partial charge on any atom is 0.407 e. The molecule has 0 saturated heterocycles. The van der Waals surface area contributed by atoms with Gasteiger partial charge in [-0.25, -0.2) is 9.59 Å². The van der Waals surface area contributed by atoms with Crippen LogP contribution in [0.25, 0.3) is 11.1 Å². The Bertz CT molecular complexity index is 1230. The van der Waals surface area contributed by atoms with E-state index in [0.717, 1.165) is 22.3 Å². The molecule has 0 spiro atoms. The van der Waals surface area contributed by atoms with Crippen LogP contribution < -0.4 is 10.6 Å². The number of anilines is 1. The van der Waals surface area contributed by atoms with Crippen molar-refractivity contribution in [1.82, 2.24) is 5.32 Å². The Morgan fingerprint density at radius 1 is 1.00 bits per heavy atom. The number of nitrogens with one attached hydrogen (secondary N) is 2. The second-order valence-electron chi connectivity index (χ2n) is 8.43. The normalized spacial score (nSPS) is 12.9. The van der Waals surface area contributed by atoms with Gasteiger partial charge in [-0.15, -0.1) is 0 Å². The molecule has 4 rings (SSSR count). The van der Waals surface area contributed by atoms with Crippen LogP contribution in [0.5, 0.6) is 0 Å². The third-order valence-corrected chi connectivity index (χ3v) is 6.44. The van der Waals surface area contributed by atoms with E-state index in [0.29, 0.717) is 6.42 Å². The molecular formula is C27H25ClN2O5. The zero-order chi connectivity index (χ0) is 24.9. The van der Waals surface area contributed by atoms with Crippen LogP contribution in [0, 0.1) is 5.92 Å². The highest BCUT2D eigenvalue weighted by molar-refractivity contribution is 6.33. The van der Waals surface area contributed by atoms with Gasteiger partial charge in [0.15, 0.2) is 0 Å². The summed E-state index contributed by atoms with van der Waals surface area (Å²) in [6.45, 7) is 2.17. The van der Waals surface area contributed by atoms with E-state index in [1.54, 1.807) is 6.92 Å². The smallest absolute Gasteiger partial charge is 0.407 e. The molecule has 7 nitrogen and oxygen atoms in total. The van der Waals surface area contributed by atoms with E-state index in [9.17, 15) is 14.4 Å². The Labute approximate surface area is 208 Å². The van der Waals surface area contributed by atoms with E-state index >= 15 is 0 Å². The number of hydrogen-bond donors (Lipinski definition) is 3. The molecule has 0 heterocycles. The first kappa shape index (κ1) is 24.3. The fraction of sp³-hybridized carbons (Fsp3) is 0.222. The van der Waals surface area contributed by atoms with Gasteiger partial charge in [-0.3, -0.25) is 4.79 Å². The number of alkyl carbamates (subject to hydrolysis) is 1. The summed E-state index contributed by atoms with van der Waals surface area (Å²) >= 11 is 6.07. The summed E-state index contributed by atoms with van der Waals surface area (Å²) in [5.74, 6) is -1.92. The Morgan fingerprint density at radius 3 is 2.26 bits per heavy atom. The number of carbonyl (C=O) groups excluding carboxylic acids is 2. The van der Waals surface area contributed by atoms with Crippen molar-refractivity contribution < 1.29 is 24.2 Å². The Kier molecular flexibility index (Phi) is 7.36. The van der Waals surface area contributed by atoms with E-state index in [1.807, 2.05) is 24.3 Å². The molecule has 1 aliphatic rings.